The molecule has 2 aromatic rings. The summed E-state index contributed by atoms with van der Waals surface area (Å²) in [7, 11) is 1.26. The Morgan fingerprint density at radius 1 is 1.23 bits per heavy atom. The standard InChI is InChI=1S/C15H17NO6/c1-8(2)21-13(17)9(3)16-11-6-5-10(14(18)20-4)7-12(11)22-15(16)19/h5-9H,1-4H3. The smallest absolute Gasteiger partial charge is 0.420 e. The van der Waals surface area contributed by atoms with E-state index in [0.717, 1.165) is 0 Å². The zero-order valence-corrected chi connectivity index (χ0v) is 12.8. The molecule has 0 amide bonds. The summed E-state index contributed by atoms with van der Waals surface area (Å²) in [6.45, 7) is 5.00. The van der Waals surface area contributed by atoms with Gasteiger partial charge in [-0.1, -0.05) is 0 Å². The minimum atomic E-state index is -0.833. The summed E-state index contributed by atoms with van der Waals surface area (Å²) < 4.78 is 16.0. The van der Waals surface area contributed by atoms with Crippen molar-refractivity contribution in [1.82, 2.24) is 4.57 Å². The van der Waals surface area contributed by atoms with Crippen molar-refractivity contribution in [2.75, 3.05) is 7.11 Å². The third-order valence-corrected chi connectivity index (χ3v) is 3.11. The second kappa shape index (κ2) is 6.05. The number of hydrogen-bond acceptors (Lipinski definition) is 6. The van der Waals surface area contributed by atoms with Crippen LogP contribution in [0.5, 0.6) is 0 Å². The van der Waals surface area contributed by atoms with E-state index >= 15 is 0 Å². The van der Waals surface area contributed by atoms with Gasteiger partial charge >= 0.3 is 17.7 Å². The van der Waals surface area contributed by atoms with Gasteiger partial charge in [0, 0.05) is 0 Å². The lowest BCUT2D eigenvalue weighted by molar-refractivity contribution is -0.150. The van der Waals surface area contributed by atoms with E-state index in [0.29, 0.717) is 5.52 Å². The Morgan fingerprint density at radius 3 is 2.50 bits per heavy atom. The van der Waals surface area contributed by atoms with Crippen LogP contribution in [0.4, 0.5) is 0 Å². The van der Waals surface area contributed by atoms with E-state index < -0.39 is 23.7 Å². The number of oxazole rings is 1. The van der Waals surface area contributed by atoms with Crippen molar-refractivity contribution in [3.8, 4) is 0 Å². The van der Waals surface area contributed by atoms with Crippen molar-refractivity contribution in [3.05, 3.63) is 34.3 Å². The average molecular weight is 307 g/mol. The van der Waals surface area contributed by atoms with Gasteiger partial charge in [-0.05, 0) is 39.0 Å². The van der Waals surface area contributed by atoms with E-state index in [1.54, 1.807) is 20.8 Å². The predicted molar refractivity (Wildman–Crippen MR) is 77.8 cm³/mol. The van der Waals surface area contributed by atoms with Gasteiger partial charge in [-0.25, -0.2) is 14.4 Å². The summed E-state index contributed by atoms with van der Waals surface area (Å²) in [6.07, 6.45) is -0.283. The summed E-state index contributed by atoms with van der Waals surface area (Å²) in [5.74, 6) is -1.76. The molecule has 0 aliphatic carbocycles. The molecule has 0 fully saturated rings. The van der Waals surface area contributed by atoms with Crippen molar-refractivity contribution in [2.24, 2.45) is 0 Å². The molecule has 1 aromatic carbocycles. The molecule has 1 heterocycles. The van der Waals surface area contributed by atoms with Crippen molar-refractivity contribution in [2.45, 2.75) is 32.9 Å². The van der Waals surface area contributed by atoms with Gasteiger partial charge in [0.2, 0.25) is 0 Å². The van der Waals surface area contributed by atoms with Gasteiger partial charge in [0.15, 0.2) is 5.58 Å². The van der Waals surface area contributed by atoms with Crippen molar-refractivity contribution < 1.29 is 23.5 Å². The fourth-order valence-corrected chi connectivity index (χ4v) is 2.08. The summed E-state index contributed by atoms with van der Waals surface area (Å²) in [5, 5.41) is 0. The maximum Gasteiger partial charge on any atom is 0.420 e. The molecule has 1 aromatic heterocycles. The van der Waals surface area contributed by atoms with E-state index in [2.05, 4.69) is 4.74 Å². The van der Waals surface area contributed by atoms with E-state index in [4.69, 9.17) is 9.15 Å². The average Bonchev–Trinajstić information content (AvgIpc) is 2.79. The lowest BCUT2D eigenvalue weighted by Gasteiger charge is -2.14. The Labute approximate surface area is 126 Å². The molecule has 1 unspecified atom stereocenters. The maximum absolute atomic E-state index is 12.0. The normalized spacial score (nSPS) is 12.4. The molecule has 0 radical (unpaired) electrons. The number of methoxy groups -OCH3 is 1. The zero-order chi connectivity index (χ0) is 16.4. The van der Waals surface area contributed by atoms with Crippen LogP contribution in [-0.2, 0) is 14.3 Å². The molecular formula is C15H17NO6. The molecule has 0 spiro atoms. The van der Waals surface area contributed by atoms with Gasteiger partial charge in [-0.2, -0.15) is 0 Å². The third kappa shape index (κ3) is 2.88. The number of nitrogens with zero attached hydrogens (tertiary/aromatic N) is 1. The number of benzene rings is 1. The van der Waals surface area contributed by atoms with Crippen LogP contribution in [0.25, 0.3) is 11.1 Å². The van der Waals surface area contributed by atoms with E-state index in [9.17, 15) is 14.4 Å². The van der Waals surface area contributed by atoms with Gasteiger partial charge in [0.25, 0.3) is 0 Å². The van der Waals surface area contributed by atoms with Crippen molar-refractivity contribution in [3.63, 3.8) is 0 Å². The highest BCUT2D eigenvalue weighted by Crippen LogP contribution is 2.20. The number of hydrogen-bond donors (Lipinski definition) is 0. The van der Waals surface area contributed by atoms with Crippen LogP contribution in [0, 0.1) is 0 Å². The molecule has 2 rings (SSSR count). The van der Waals surface area contributed by atoms with E-state index in [1.807, 2.05) is 0 Å². The van der Waals surface area contributed by atoms with Crippen LogP contribution >= 0.6 is 0 Å². The molecule has 118 valence electrons. The molecule has 0 aliphatic heterocycles. The lowest BCUT2D eigenvalue weighted by atomic mass is 10.2. The van der Waals surface area contributed by atoms with Gasteiger partial charge < -0.3 is 13.9 Å². The van der Waals surface area contributed by atoms with Crippen LogP contribution in [0.1, 0.15) is 37.2 Å². The Hall–Kier alpha value is -2.57. The second-order valence-electron chi connectivity index (χ2n) is 5.07. The third-order valence-electron chi connectivity index (χ3n) is 3.11. The number of fused-ring (bicyclic) bond motifs is 1. The highest BCUT2D eigenvalue weighted by Gasteiger charge is 2.24. The molecule has 7 nitrogen and oxygen atoms in total. The van der Waals surface area contributed by atoms with E-state index in [1.165, 1.54) is 29.9 Å². The molecule has 0 N–H and O–H groups in total. The highest BCUT2D eigenvalue weighted by molar-refractivity contribution is 5.93. The summed E-state index contributed by atoms with van der Waals surface area (Å²) in [5.41, 5.74) is 0.872. The van der Waals surface area contributed by atoms with Crippen LogP contribution in [0.3, 0.4) is 0 Å². The minimum Gasteiger partial charge on any atom is -0.465 e. The molecule has 0 bridgehead atoms. The molecule has 0 saturated heterocycles. The van der Waals surface area contributed by atoms with Crippen LogP contribution < -0.4 is 5.76 Å². The van der Waals surface area contributed by atoms with Gasteiger partial charge in [-0.3, -0.25) is 4.57 Å². The maximum atomic E-state index is 12.0. The second-order valence-corrected chi connectivity index (χ2v) is 5.07. The molecule has 22 heavy (non-hydrogen) atoms. The molecule has 0 aliphatic rings. The van der Waals surface area contributed by atoms with Crippen molar-refractivity contribution in [1.29, 1.82) is 0 Å². The Kier molecular flexibility index (Phi) is 4.35. The van der Waals surface area contributed by atoms with Crippen LogP contribution in [0.2, 0.25) is 0 Å². The minimum absolute atomic E-state index is 0.206. The first kappa shape index (κ1) is 15.8. The SMILES string of the molecule is COC(=O)c1ccc2c(c1)oc(=O)n2C(C)C(=O)OC(C)C. The molecule has 7 heteroatoms. The lowest BCUT2D eigenvalue weighted by Crippen LogP contribution is -2.27. The fourth-order valence-electron chi connectivity index (χ4n) is 2.08. The van der Waals surface area contributed by atoms with Crippen molar-refractivity contribution >= 4 is 23.0 Å². The Morgan fingerprint density at radius 2 is 1.91 bits per heavy atom. The largest absolute Gasteiger partial charge is 0.465 e. The number of carbonyl (C=O) groups excluding carboxylic acids is 2. The van der Waals surface area contributed by atoms with Crippen LogP contribution in [-0.4, -0.2) is 29.7 Å². The fraction of sp³-hybridized carbons (Fsp3) is 0.400. The Bertz CT molecular complexity index is 770. The quantitative estimate of drug-likeness (QED) is 0.802. The molecule has 1 atom stereocenters. The van der Waals surface area contributed by atoms with Gasteiger partial charge in [0.1, 0.15) is 6.04 Å². The first-order valence-electron chi connectivity index (χ1n) is 6.79. The monoisotopic (exact) mass is 307 g/mol. The number of carbonyl (C=O) groups is 2. The first-order valence-corrected chi connectivity index (χ1v) is 6.79. The summed E-state index contributed by atoms with van der Waals surface area (Å²) >= 11 is 0. The topological polar surface area (TPSA) is 87.7 Å². The number of aromatic nitrogens is 1. The first-order chi connectivity index (χ1) is 10.3. The predicted octanol–water partition coefficient (Wildman–Crippen LogP) is 1.89. The van der Waals surface area contributed by atoms with Crippen LogP contribution in [0.15, 0.2) is 27.4 Å². The highest BCUT2D eigenvalue weighted by atomic mass is 16.5. The van der Waals surface area contributed by atoms with Gasteiger partial charge in [-0.15, -0.1) is 0 Å². The summed E-state index contributed by atoms with van der Waals surface area (Å²) in [4.78, 5) is 35.5. The Balaban J connectivity index is 2.47. The van der Waals surface area contributed by atoms with E-state index in [-0.39, 0.29) is 17.3 Å². The van der Waals surface area contributed by atoms with Gasteiger partial charge in [0.05, 0.1) is 24.3 Å². The summed E-state index contributed by atoms with van der Waals surface area (Å²) in [6, 6.07) is 3.60. The molecule has 0 saturated carbocycles. The number of esters is 2. The zero-order valence-electron chi connectivity index (χ0n) is 12.8. The number of rotatable bonds is 4. The number of ether oxygens (including phenoxy) is 2. The molecular weight excluding hydrogens is 290 g/mol.